The molecule has 0 fully saturated rings. The van der Waals surface area contributed by atoms with Gasteiger partial charge in [0, 0.05) is 6.54 Å². The maximum atomic E-state index is 9.78. The highest BCUT2D eigenvalue weighted by molar-refractivity contribution is 5.28. The summed E-state index contributed by atoms with van der Waals surface area (Å²) in [4.78, 5) is 0. The van der Waals surface area contributed by atoms with E-state index in [0.717, 1.165) is 12.3 Å². The smallest absolute Gasteiger partial charge is 0.119 e. The van der Waals surface area contributed by atoms with Crippen molar-refractivity contribution in [1.29, 1.82) is 0 Å². The van der Waals surface area contributed by atoms with Crippen LogP contribution in [-0.4, -0.2) is 30.9 Å². The Labute approximate surface area is 117 Å². The van der Waals surface area contributed by atoms with Gasteiger partial charge >= 0.3 is 0 Å². The summed E-state index contributed by atoms with van der Waals surface area (Å²) >= 11 is 0. The molecule has 0 radical (unpaired) electrons. The molecule has 0 aliphatic carbocycles. The molecule has 108 valence electrons. The Morgan fingerprint density at radius 3 is 2.21 bits per heavy atom. The zero-order valence-corrected chi connectivity index (χ0v) is 12.5. The molecular weight excluding hydrogens is 238 g/mol. The summed E-state index contributed by atoms with van der Waals surface area (Å²) in [6.07, 6.45) is -0.469. The molecule has 0 aromatic heterocycles. The summed E-state index contributed by atoms with van der Waals surface area (Å²) in [5, 5.41) is 13.0. The predicted octanol–water partition coefficient (Wildman–Crippen LogP) is 2.80. The maximum absolute atomic E-state index is 9.78. The average Bonchev–Trinajstić information content (AvgIpc) is 2.36. The molecule has 0 heterocycles. The van der Waals surface area contributed by atoms with E-state index in [9.17, 15) is 5.11 Å². The van der Waals surface area contributed by atoms with Gasteiger partial charge < -0.3 is 15.2 Å². The summed E-state index contributed by atoms with van der Waals surface area (Å²) < 4.78 is 5.57. The van der Waals surface area contributed by atoms with Crippen LogP contribution >= 0.6 is 0 Å². The molecule has 0 amide bonds. The van der Waals surface area contributed by atoms with E-state index in [1.807, 2.05) is 12.1 Å². The summed E-state index contributed by atoms with van der Waals surface area (Å²) in [5.41, 5.74) is 1.30. The quantitative estimate of drug-likeness (QED) is 0.759. The van der Waals surface area contributed by atoms with Crippen molar-refractivity contribution in [2.24, 2.45) is 5.92 Å². The topological polar surface area (TPSA) is 41.5 Å². The summed E-state index contributed by atoms with van der Waals surface area (Å²) in [5.74, 6) is 1.93. The fraction of sp³-hybridized carbons (Fsp3) is 0.625. The molecule has 0 aliphatic rings. The lowest BCUT2D eigenvalue weighted by molar-refractivity contribution is 0.106. The highest BCUT2D eigenvalue weighted by Crippen LogP contribution is 2.18. The summed E-state index contributed by atoms with van der Waals surface area (Å²) in [6.45, 7) is 10.4. The Bertz CT molecular complexity index is 346. The molecule has 0 saturated carbocycles. The first-order valence-electron chi connectivity index (χ1n) is 7.10. The Kier molecular flexibility index (Phi) is 6.89. The normalized spacial score (nSPS) is 13.0. The Morgan fingerprint density at radius 1 is 1.05 bits per heavy atom. The van der Waals surface area contributed by atoms with Gasteiger partial charge in [0.15, 0.2) is 0 Å². The zero-order chi connectivity index (χ0) is 14.3. The Morgan fingerprint density at radius 2 is 1.68 bits per heavy atom. The van der Waals surface area contributed by atoms with Crippen LogP contribution in [0, 0.1) is 5.92 Å². The predicted molar refractivity (Wildman–Crippen MR) is 79.7 cm³/mol. The minimum Gasteiger partial charge on any atom is -0.491 e. The van der Waals surface area contributed by atoms with Crippen molar-refractivity contribution in [2.45, 2.75) is 39.7 Å². The molecule has 1 atom stereocenters. The van der Waals surface area contributed by atoms with E-state index in [1.54, 1.807) is 0 Å². The number of nitrogens with one attached hydrogen (secondary N) is 1. The first-order valence-corrected chi connectivity index (χ1v) is 7.10. The van der Waals surface area contributed by atoms with Gasteiger partial charge in [0.2, 0.25) is 0 Å². The number of rotatable bonds is 8. The van der Waals surface area contributed by atoms with Crippen LogP contribution in [-0.2, 0) is 0 Å². The molecule has 0 bridgehead atoms. The molecule has 1 aromatic rings. The van der Waals surface area contributed by atoms with Gasteiger partial charge in [-0.15, -0.1) is 0 Å². The Hall–Kier alpha value is -1.06. The second-order valence-electron chi connectivity index (χ2n) is 5.74. The van der Waals surface area contributed by atoms with Crippen molar-refractivity contribution < 1.29 is 9.84 Å². The SMILES string of the molecule is CC(C)CNC[C@H](O)COc1ccc(C(C)C)cc1. The molecule has 0 aliphatic heterocycles. The lowest BCUT2D eigenvalue weighted by Crippen LogP contribution is -2.33. The Balaban J connectivity index is 2.27. The van der Waals surface area contributed by atoms with Crippen molar-refractivity contribution >= 4 is 0 Å². The fourth-order valence-electron chi connectivity index (χ4n) is 1.74. The number of ether oxygens (including phenoxy) is 1. The molecule has 2 N–H and O–H groups in total. The van der Waals surface area contributed by atoms with Crippen LogP contribution < -0.4 is 10.1 Å². The minimum absolute atomic E-state index is 0.326. The average molecular weight is 265 g/mol. The first-order chi connectivity index (χ1) is 8.99. The molecule has 3 heteroatoms. The fourth-order valence-corrected chi connectivity index (χ4v) is 1.74. The van der Waals surface area contributed by atoms with E-state index in [4.69, 9.17) is 4.74 Å². The monoisotopic (exact) mass is 265 g/mol. The van der Waals surface area contributed by atoms with Crippen LogP contribution in [0.5, 0.6) is 5.75 Å². The highest BCUT2D eigenvalue weighted by atomic mass is 16.5. The largest absolute Gasteiger partial charge is 0.491 e. The van der Waals surface area contributed by atoms with Crippen LogP contribution in [0.15, 0.2) is 24.3 Å². The number of hydrogen-bond donors (Lipinski definition) is 2. The number of aliphatic hydroxyl groups is 1. The van der Waals surface area contributed by atoms with E-state index in [1.165, 1.54) is 5.56 Å². The van der Waals surface area contributed by atoms with Crippen LogP contribution in [0.4, 0.5) is 0 Å². The van der Waals surface area contributed by atoms with E-state index in [2.05, 4.69) is 45.1 Å². The third-order valence-electron chi connectivity index (χ3n) is 2.92. The highest BCUT2D eigenvalue weighted by Gasteiger charge is 2.06. The molecule has 1 aromatic carbocycles. The van der Waals surface area contributed by atoms with Crippen molar-refractivity contribution in [3.05, 3.63) is 29.8 Å². The van der Waals surface area contributed by atoms with Gasteiger partial charge in [-0.1, -0.05) is 39.8 Å². The van der Waals surface area contributed by atoms with Gasteiger partial charge in [-0.3, -0.25) is 0 Å². The molecule has 0 spiro atoms. The van der Waals surface area contributed by atoms with Crippen LogP contribution in [0.25, 0.3) is 0 Å². The summed E-state index contributed by atoms with van der Waals surface area (Å²) in [6, 6.07) is 8.07. The van der Waals surface area contributed by atoms with Gasteiger partial charge in [-0.25, -0.2) is 0 Å². The third-order valence-corrected chi connectivity index (χ3v) is 2.92. The third kappa shape index (κ3) is 6.60. The van der Waals surface area contributed by atoms with E-state index in [0.29, 0.717) is 25.0 Å². The lowest BCUT2D eigenvalue weighted by Gasteiger charge is -2.14. The molecular formula is C16H27NO2. The van der Waals surface area contributed by atoms with Crippen molar-refractivity contribution in [3.63, 3.8) is 0 Å². The van der Waals surface area contributed by atoms with Gasteiger partial charge in [0.1, 0.15) is 18.5 Å². The molecule has 19 heavy (non-hydrogen) atoms. The van der Waals surface area contributed by atoms with Crippen LogP contribution in [0.2, 0.25) is 0 Å². The zero-order valence-electron chi connectivity index (χ0n) is 12.5. The second kappa shape index (κ2) is 8.18. The van der Waals surface area contributed by atoms with Crippen molar-refractivity contribution in [1.82, 2.24) is 5.32 Å². The van der Waals surface area contributed by atoms with E-state index >= 15 is 0 Å². The molecule has 3 nitrogen and oxygen atoms in total. The number of hydrogen-bond acceptors (Lipinski definition) is 3. The number of benzene rings is 1. The van der Waals surface area contributed by atoms with E-state index in [-0.39, 0.29) is 0 Å². The van der Waals surface area contributed by atoms with E-state index < -0.39 is 6.10 Å². The molecule has 0 unspecified atom stereocenters. The second-order valence-corrected chi connectivity index (χ2v) is 5.74. The van der Waals surface area contributed by atoms with Gasteiger partial charge in [-0.05, 0) is 36.1 Å². The first kappa shape index (κ1) is 16.0. The standard InChI is InChI=1S/C16H27NO2/c1-12(2)9-17-10-15(18)11-19-16-7-5-14(6-8-16)13(3)4/h5-8,12-13,15,17-18H,9-11H2,1-4H3/t15-/m0/s1. The van der Waals surface area contributed by atoms with Crippen LogP contribution in [0.1, 0.15) is 39.2 Å². The molecule has 1 rings (SSSR count). The lowest BCUT2D eigenvalue weighted by atomic mass is 10.0. The van der Waals surface area contributed by atoms with Crippen LogP contribution in [0.3, 0.4) is 0 Å². The van der Waals surface area contributed by atoms with Crippen molar-refractivity contribution in [3.8, 4) is 5.75 Å². The van der Waals surface area contributed by atoms with Gasteiger partial charge in [-0.2, -0.15) is 0 Å². The van der Waals surface area contributed by atoms with Crippen molar-refractivity contribution in [2.75, 3.05) is 19.7 Å². The summed E-state index contributed by atoms with van der Waals surface area (Å²) in [7, 11) is 0. The van der Waals surface area contributed by atoms with Gasteiger partial charge in [0.25, 0.3) is 0 Å². The molecule has 0 saturated heterocycles. The van der Waals surface area contributed by atoms with Gasteiger partial charge in [0.05, 0.1) is 0 Å². The maximum Gasteiger partial charge on any atom is 0.119 e. The number of aliphatic hydroxyl groups excluding tert-OH is 1. The minimum atomic E-state index is -0.469.